The zero-order valence-corrected chi connectivity index (χ0v) is 15.9. The van der Waals surface area contributed by atoms with Crippen molar-refractivity contribution in [1.82, 2.24) is 9.97 Å². The lowest BCUT2D eigenvalue weighted by molar-refractivity contribution is -0.146. The van der Waals surface area contributed by atoms with Crippen LogP contribution in [0.25, 0.3) is 0 Å². The molecule has 0 amide bonds. The first kappa shape index (κ1) is 19.2. The Morgan fingerprint density at radius 2 is 1.26 bits per heavy atom. The topological polar surface area (TPSA) is 111 Å². The number of methoxy groups -OCH3 is 2. The molecule has 0 saturated carbocycles. The smallest absolute Gasteiger partial charge is 0.308 e. The highest BCUT2D eigenvalue weighted by Crippen LogP contribution is 2.33. The van der Waals surface area contributed by atoms with Crippen LogP contribution in [0, 0.1) is 11.8 Å². The fraction of sp³-hybridized carbons (Fsp3) is 0.667. The fourth-order valence-electron chi connectivity index (χ4n) is 3.87. The highest BCUT2D eigenvalue weighted by atomic mass is 16.5. The fourth-order valence-corrected chi connectivity index (χ4v) is 3.87. The Bertz CT molecular complexity index is 628. The standard InChI is InChI=1S/C18H27N5O4/c1-26-17(24)12-3-7-22(8-4-12)15-14(19)16(21-11-20-15)23-9-5-13(6-10-23)18(25)27-2/h11-13H,3-10,19H2,1-2H3. The molecule has 0 aromatic carbocycles. The van der Waals surface area contributed by atoms with Crippen molar-refractivity contribution in [1.29, 1.82) is 0 Å². The SMILES string of the molecule is COC(=O)C1CCN(c2ncnc(N3CCC(C(=O)OC)CC3)c2N)CC1. The first-order valence-corrected chi connectivity index (χ1v) is 9.31. The molecule has 2 N–H and O–H groups in total. The second-order valence-electron chi connectivity index (χ2n) is 7.00. The molecule has 0 unspecified atom stereocenters. The molecule has 2 fully saturated rings. The molecule has 1 aromatic heterocycles. The van der Waals surface area contributed by atoms with Crippen LogP contribution in [0.4, 0.5) is 17.3 Å². The van der Waals surface area contributed by atoms with E-state index in [0.29, 0.717) is 43.5 Å². The summed E-state index contributed by atoms with van der Waals surface area (Å²) in [5.74, 6) is 0.980. The molecule has 9 nitrogen and oxygen atoms in total. The minimum absolute atomic E-state index is 0.0638. The maximum absolute atomic E-state index is 11.7. The van der Waals surface area contributed by atoms with Gasteiger partial charge in [-0.3, -0.25) is 9.59 Å². The molecule has 0 spiro atoms. The number of ether oxygens (including phenoxy) is 2. The van der Waals surface area contributed by atoms with E-state index in [1.807, 2.05) is 0 Å². The summed E-state index contributed by atoms with van der Waals surface area (Å²) < 4.78 is 9.68. The number of nitrogens with zero attached hydrogens (tertiary/aromatic N) is 4. The number of aromatic nitrogens is 2. The molecule has 0 bridgehead atoms. The second-order valence-corrected chi connectivity index (χ2v) is 7.00. The highest BCUT2D eigenvalue weighted by molar-refractivity contribution is 5.77. The summed E-state index contributed by atoms with van der Waals surface area (Å²) in [4.78, 5) is 36.4. The van der Waals surface area contributed by atoms with Gasteiger partial charge in [0.25, 0.3) is 0 Å². The average molecular weight is 377 g/mol. The normalized spacial score (nSPS) is 19.0. The monoisotopic (exact) mass is 377 g/mol. The lowest BCUT2D eigenvalue weighted by atomic mass is 9.96. The Morgan fingerprint density at radius 1 is 0.889 bits per heavy atom. The summed E-state index contributed by atoms with van der Waals surface area (Å²) in [6, 6.07) is 0. The van der Waals surface area contributed by atoms with Gasteiger partial charge in [0.15, 0.2) is 11.6 Å². The molecule has 27 heavy (non-hydrogen) atoms. The third kappa shape index (κ3) is 4.06. The van der Waals surface area contributed by atoms with Gasteiger partial charge in [0.1, 0.15) is 12.0 Å². The van der Waals surface area contributed by atoms with Gasteiger partial charge < -0.3 is 25.0 Å². The predicted octanol–water partition coefficient (Wildman–Crippen LogP) is 0.838. The minimum atomic E-state index is -0.153. The summed E-state index contributed by atoms with van der Waals surface area (Å²) in [6.45, 7) is 2.80. The summed E-state index contributed by atoms with van der Waals surface area (Å²) in [7, 11) is 2.85. The van der Waals surface area contributed by atoms with Crippen molar-refractivity contribution >= 4 is 29.3 Å². The van der Waals surface area contributed by atoms with E-state index >= 15 is 0 Å². The van der Waals surface area contributed by atoms with Crippen LogP contribution in [0.2, 0.25) is 0 Å². The van der Waals surface area contributed by atoms with E-state index in [4.69, 9.17) is 15.2 Å². The number of rotatable bonds is 4. The van der Waals surface area contributed by atoms with Gasteiger partial charge in [-0.1, -0.05) is 0 Å². The van der Waals surface area contributed by atoms with Crippen LogP contribution < -0.4 is 15.5 Å². The number of hydrogen-bond acceptors (Lipinski definition) is 9. The average Bonchev–Trinajstić information content (AvgIpc) is 2.73. The first-order chi connectivity index (χ1) is 13.0. The van der Waals surface area contributed by atoms with E-state index in [9.17, 15) is 9.59 Å². The van der Waals surface area contributed by atoms with Crippen LogP contribution in [0.15, 0.2) is 6.33 Å². The van der Waals surface area contributed by atoms with E-state index in [2.05, 4.69) is 19.8 Å². The van der Waals surface area contributed by atoms with Crippen molar-refractivity contribution in [3.63, 3.8) is 0 Å². The maximum Gasteiger partial charge on any atom is 0.308 e. The summed E-state index contributed by atoms with van der Waals surface area (Å²) in [5.41, 5.74) is 6.94. The number of carbonyl (C=O) groups excluding carboxylic acids is 2. The second kappa shape index (κ2) is 8.41. The first-order valence-electron chi connectivity index (χ1n) is 9.31. The van der Waals surface area contributed by atoms with E-state index in [0.717, 1.165) is 25.7 Å². The zero-order chi connectivity index (χ0) is 19.4. The Labute approximate surface area is 158 Å². The van der Waals surface area contributed by atoms with Crippen LogP contribution in [-0.4, -0.2) is 62.3 Å². The number of nitrogen functional groups attached to an aromatic ring is 1. The van der Waals surface area contributed by atoms with E-state index in [1.165, 1.54) is 20.5 Å². The summed E-state index contributed by atoms with van der Waals surface area (Å²) in [5, 5.41) is 0. The Hall–Kier alpha value is -2.58. The number of piperidine rings is 2. The largest absolute Gasteiger partial charge is 0.469 e. The molecular weight excluding hydrogens is 350 g/mol. The predicted molar refractivity (Wildman–Crippen MR) is 100 cm³/mol. The van der Waals surface area contributed by atoms with Gasteiger partial charge in [0.2, 0.25) is 0 Å². The van der Waals surface area contributed by atoms with Crippen LogP contribution in [-0.2, 0) is 19.1 Å². The lowest BCUT2D eigenvalue weighted by Gasteiger charge is -2.35. The van der Waals surface area contributed by atoms with E-state index in [-0.39, 0.29) is 23.8 Å². The number of esters is 2. The van der Waals surface area contributed by atoms with Crippen molar-refractivity contribution in [3.05, 3.63) is 6.33 Å². The molecule has 2 saturated heterocycles. The number of hydrogen-bond donors (Lipinski definition) is 1. The summed E-state index contributed by atoms with van der Waals surface area (Å²) in [6.07, 6.45) is 4.40. The van der Waals surface area contributed by atoms with Crippen LogP contribution in [0.1, 0.15) is 25.7 Å². The quantitative estimate of drug-likeness (QED) is 0.763. The van der Waals surface area contributed by atoms with Crippen LogP contribution in [0.5, 0.6) is 0 Å². The summed E-state index contributed by atoms with van der Waals surface area (Å²) >= 11 is 0. The van der Waals surface area contributed by atoms with Gasteiger partial charge in [-0.25, -0.2) is 9.97 Å². The molecule has 2 aliphatic heterocycles. The Balaban J connectivity index is 1.67. The van der Waals surface area contributed by atoms with E-state index < -0.39 is 0 Å². The molecule has 9 heteroatoms. The van der Waals surface area contributed by atoms with Crippen molar-refractivity contribution in [3.8, 4) is 0 Å². The van der Waals surface area contributed by atoms with Crippen molar-refractivity contribution in [2.75, 3.05) is 55.9 Å². The molecule has 3 rings (SSSR count). The number of nitrogens with two attached hydrogens (primary N) is 1. The lowest BCUT2D eigenvalue weighted by Crippen LogP contribution is -2.39. The minimum Gasteiger partial charge on any atom is -0.469 e. The Morgan fingerprint density at radius 3 is 1.59 bits per heavy atom. The van der Waals surface area contributed by atoms with Gasteiger partial charge in [0, 0.05) is 26.2 Å². The zero-order valence-electron chi connectivity index (χ0n) is 15.9. The van der Waals surface area contributed by atoms with Gasteiger partial charge in [0.05, 0.1) is 26.1 Å². The molecule has 0 atom stereocenters. The van der Waals surface area contributed by atoms with Gasteiger partial charge in [-0.05, 0) is 25.7 Å². The molecule has 148 valence electrons. The molecule has 0 radical (unpaired) electrons. The maximum atomic E-state index is 11.7. The Kier molecular flexibility index (Phi) is 5.98. The molecule has 2 aliphatic rings. The third-order valence-electron chi connectivity index (χ3n) is 5.50. The van der Waals surface area contributed by atoms with E-state index in [1.54, 1.807) is 0 Å². The van der Waals surface area contributed by atoms with Crippen molar-refractivity contribution in [2.24, 2.45) is 11.8 Å². The van der Waals surface area contributed by atoms with Gasteiger partial charge >= 0.3 is 11.9 Å². The van der Waals surface area contributed by atoms with Gasteiger partial charge in [-0.15, -0.1) is 0 Å². The van der Waals surface area contributed by atoms with Crippen LogP contribution >= 0.6 is 0 Å². The number of anilines is 3. The van der Waals surface area contributed by atoms with Crippen molar-refractivity contribution < 1.29 is 19.1 Å². The van der Waals surface area contributed by atoms with Gasteiger partial charge in [-0.2, -0.15) is 0 Å². The molecular formula is C18H27N5O4. The molecule has 3 heterocycles. The van der Waals surface area contributed by atoms with Crippen molar-refractivity contribution in [2.45, 2.75) is 25.7 Å². The number of carbonyl (C=O) groups is 2. The van der Waals surface area contributed by atoms with Crippen LogP contribution in [0.3, 0.4) is 0 Å². The molecule has 0 aliphatic carbocycles. The highest BCUT2D eigenvalue weighted by Gasteiger charge is 2.30. The third-order valence-corrected chi connectivity index (χ3v) is 5.50. The molecule has 1 aromatic rings.